The fourth-order valence-electron chi connectivity index (χ4n) is 1.74. The number of hydrogen-bond donors (Lipinski definition) is 2. The van der Waals surface area contributed by atoms with Crippen molar-refractivity contribution < 1.29 is 9.90 Å². The first kappa shape index (κ1) is 17.8. The topological polar surface area (TPSA) is 49.3 Å². The molecule has 0 radical (unpaired) electrons. The molecule has 2 N–H and O–H groups in total. The van der Waals surface area contributed by atoms with E-state index >= 15 is 0 Å². The van der Waals surface area contributed by atoms with Crippen LogP contribution in [0.15, 0.2) is 0 Å². The van der Waals surface area contributed by atoms with Crippen molar-refractivity contribution in [2.24, 2.45) is 0 Å². The van der Waals surface area contributed by atoms with Crippen molar-refractivity contribution in [3.8, 4) is 0 Å². The molecule has 16 heavy (non-hydrogen) atoms. The molecule has 98 valence electrons. The molecular formula is C13H29NO2. The third kappa shape index (κ3) is 15.9. The van der Waals surface area contributed by atoms with E-state index in [1.165, 1.54) is 51.4 Å². The molecular weight excluding hydrogens is 202 g/mol. The van der Waals surface area contributed by atoms with Crippen molar-refractivity contribution >= 4 is 6.47 Å². The first-order valence-corrected chi connectivity index (χ1v) is 6.51. The van der Waals surface area contributed by atoms with Crippen molar-refractivity contribution in [2.45, 2.75) is 71.3 Å². The second kappa shape index (κ2) is 16.8. The SMILES string of the molecule is CCCCC.CNC1CCCCC1.O=CO. The van der Waals surface area contributed by atoms with Crippen LogP contribution < -0.4 is 5.32 Å². The zero-order valence-electron chi connectivity index (χ0n) is 11.2. The van der Waals surface area contributed by atoms with E-state index in [0.717, 1.165) is 6.04 Å². The Labute approximate surface area is 101 Å². The molecule has 3 nitrogen and oxygen atoms in total. The van der Waals surface area contributed by atoms with Gasteiger partial charge in [-0.05, 0) is 19.9 Å². The summed E-state index contributed by atoms with van der Waals surface area (Å²) in [5.74, 6) is 0. The molecule has 0 aliphatic heterocycles. The number of rotatable bonds is 3. The summed E-state index contributed by atoms with van der Waals surface area (Å²) in [4.78, 5) is 8.36. The van der Waals surface area contributed by atoms with Crippen molar-refractivity contribution in [2.75, 3.05) is 7.05 Å². The molecule has 1 aliphatic carbocycles. The van der Waals surface area contributed by atoms with E-state index in [1.807, 2.05) is 0 Å². The van der Waals surface area contributed by atoms with Gasteiger partial charge in [-0.25, -0.2) is 0 Å². The van der Waals surface area contributed by atoms with Gasteiger partial charge in [0.1, 0.15) is 0 Å². The van der Waals surface area contributed by atoms with Gasteiger partial charge in [0.05, 0.1) is 0 Å². The van der Waals surface area contributed by atoms with Gasteiger partial charge >= 0.3 is 0 Å². The molecule has 1 aliphatic rings. The molecule has 0 atom stereocenters. The number of unbranched alkanes of at least 4 members (excludes halogenated alkanes) is 2. The highest BCUT2D eigenvalue weighted by Gasteiger charge is 2.09. The summed E-state index contributed by atoms with van der Waals surface area (Å²) in [5.41, 5.74) is 0. The van der Waals surface area contributed by atoms with Crippen LogP contribution in [0.1, 0.15) is 65.2 Å². The standard InChI is InChI=1S/C7H15N.C5H12.CH2O2/c1-8-7-5-3-2-4-6-7;1-3-5-4-2;2-1-3/h7-8H,2-6H2,1H3;3-5H2,1-2H3;1H,(H,2,3). The van der Waals surface area contributed by atoms with E-state index < -0.39 is 0 Å². The lowest BCUT2D eigenvalue weighted by Gasteiger charge is -2.20. The predicted molar refractivity (Wildman–Crippen MR) is 69.8 cm³/mol. The second-order valence-corrected chi connectivity index (χ2v) is 4.08. The van der Waals surface area contributed by atoms with Crippen LogP contribution in [0, 0.1) is 0 Å². The van der Waals surface area contributed by atoms with E-state index in [-0.39, 0.29) is 6.47 Å². The zero-order valence-corrected chi connectivity index (χ0v) is 11.2. The maximum absolute atomic E-state index is 8.36. The van der Waals surface area contributed by atoms with Crippen LogP contribution in [0.5, 0.6) is 0 Å². The Morgan fingerprint density at radius 3 is 1.81 bits per heavy atom. The minimum atomic E-state index is -0.250. The summed E-state index contributed by atoms with van der Waals surface area (Å²) in [5, 5.41) is 10.2. The summed E-state index contributed by atoms with van der Waals surface area (Å²) in [6, 6.07) is 0.837. The van der Waals surface area contributed by atoms with Crippen molar-refractivity contribution in [3.05, 3.63) is 0 Å². The monoisotopic (exact) mass is 231 g/mol. The van der Waals surface area contributed by atoms with E-state index in [4.69, 9.17) is 9.90 Å². The highest BCUT2D eigenvalue weighted by molar-refractivity contribution is 5.32. The molecule has 0 bridgehead atoms. The molecule has 0 spiro atoms. The summed E-state index contributed by atoms with van der Waals surface area (Å²) >= 11 is 0. The number of hydrogen-bond acceptors (Lipinski definition) is 2. The summed E-state index contributed by atoms with van der Waals surface area (Å²) < 4.78 is 0. The third-order valence-corrected chi connectivity index (χ3v) is 2.72. The van der Waals surface area contributed by atoms with Gasteiger partial charge in [0, 0.05) is 6.04 Å². The normalized spacial score (nSPS) is 15.2. The summed E-state index contributed by atoms with van der Waals surface area (Å²) in [7, 11) is 2.07. The first-order valence-electron chi connectivity index (χ1n) is 6.51. The van der Waals surface area contributed by atoms with Crippen LogP contribution in [0.3, 0.4) is 0 Å². The van der Waals surface area contributed by atoms with E-state index in [1.54, 1.807) is 0 Å². The Balaban J connectivity index is 0. The van der Waals surface area contributed by atoms with Gasteiger partial charge in [0.25, 0.3) is 6.47 Å². The highest BCUT2D eigenvalue weighted by Crippen LogP contribution is 2.16. The Morgan fingerprint density at radius 2 is 1.62 bits per heavy atom. The van der Waals surface area contributed by atoms with Gasteiger partial charge in [-0.15, -0.1) is 0 Å². The minimum absolute atomic E-state index is 0.250. The van der Waals surface area contributed by atoms with Gasteiger partial charge in [-0.1, -0.05) is 52.4 Å². The third-order valence-electron chi connectivity index (χ3n) is 2.72. The van der Waals surface area contributed by atoms with Gasteiger partial charge in [-0.3, -0.25) is 4.79 Å². The Morgan fingerprint density at radius 1 is 1.19 bits per heavy atom. The number of carboxylic acid groups (broad SMARTS) is 1. The molecule has 0 unspecified atom stereocenters. The van der Waals surface area contributed by atoms with Gasteiger partial charge in [0.2, 0.25) is 0 Å². The van der Waals surface area contributed by atoms with Crippen molar-refractivity contribution in [3.63, 3.8) is 0 Å². The molecule has 0 amide bonds. The Hall–Kier alpha value is -0.570. The number of carbonyl (C=O) groups is 1. The van der Waals surface area contributed by atoms with Gasteiger partial charge in [-0.2, -0.15) is 0 Å². The summed E-state index contributed by atoms with van der Waals surface area (Å²) in [6.45, 7) is 4.17. The Bertz CT molecular complexity index is 121. The van der Waals surface area contributed by atoms with E-state index in [9.17, 15) is 0 Å². The van der Waals surface area contributed by atoms with E-state index in [0.29, 0.717) is 0 Å². The van der Waals surface area contributed by atoms with Crippen LogP contribution in [-0.2, 0) is 4.79 Å². The molecule has 1 rings (SSSR count). The predicted octanol–water partition coefficient (Wildman–Crippen LogP) is 3.44. The lowest BCUT2D eigenvalue weighted by molar-refractivity contribution is -0.122. The minimum Gasteiger partial charge on any atom is -0.483 e. The fraction of sp³-hybridized carbons (Fsp3) is 0.923. The lowest BCUT2D eigenvalue weighted by Crippen LogP contribution is -2.26. The molecule has 0 aromatic rings. The molecule has 1 saturated carbocycles. The van der Waals surface area contributed by atoms with E-state index in [2.05, 4.69) is 26.2 Å². The van der Waals surface area contributed by atoms with Crippen LogP contribution >= 0.6 is 0 Å². The van der Waals surface area contributed by atoms with Crippen molar-refractivity contribution in [1.29, 1.82) is 0 Å². The molecule has 0 aromatic carbocycles. The average molecular weight is 231 g/mol. The van der Waals surface area contributed by atoms with Gasteiger partial charge in [0.15, 0.2) is 0 Å². The maximum atomic E-state index is 8.36. The molecule has 1 fully saturated rings. The van der Waals surface area contributed by atoms with Gasteiger partial charge < -0.3 is 10.4 Å². The molecule has 0 saturated heterocycles. The Kier molecular flexibility index (Phi) is 18.8. The zero-order chi connectivity index (χ0) is 12.6. The second-order valence-electron chi connectivity index (χ2n) is 4.08. The highest BCUT2D eigenvalue weighted by atomic mass is 16.3. The maximum Gasteiger partial charge on any atom is 0.290 e. The fourth-order valence-corrected chi connectivity index (χ4v) is 1.74. The number of nitrogens with one attached hydrogen (secondary N) is 1. The molecule has 0 aromatic heterocycles. The smallest absolute Gasteiger partial charge is 0.290 e. The van der Waals surface area contributed by atoms with Crippen LogP contribution in [0.4, 0.5) is 0 Å². The lowest BCUT2D eigenvalue weighted by atomic mass is 9.96. The van der Waals surface area contributed by atoms with Crippen LogP contribution in [-0.4, -0.2) is 24.7 Å². The van der Waals surface area contributed by atoms with Crippen molar-refractivity contribution in [1.82, 2.24) is 5.32 Å². The largest absolute Gasteiger partial charge is 0.483 e. The summed E-state index contributed by atoms with van der Waals surface area (Å²) in [6.07, 6.45) is 11.2. The molecule has 3 heteroatoms. The van der Waals surface area contributed by atoms with Crippen LogP contribution in [0.25, 0.3) is 0 Å². The first-order chi connectivity index (χ1) is 7.76. The molecule has 0 heterocycles. The van der Waals surface area contributed by atoms with Crippen LogP contribution in [0.2, 0.25) is 0 Å². The quantitative estimate of drug-likeness (QED) is 0.732. The average Bonchev–Trinajstić information content (AvgIpc) is 2.33.